The van der Waals surface area contributed by atoms with Crippen molar-refractivity contribution in [2.24, 2.45) is 0 Å². The lowest BCUT2D eigenvalue weighted by atomic mass is 10.2. The number of furan rings is 1. The molecule has 0 spiro atoms. The molecule has 5 heteroatoms. The standard InChI is InChI=1S/C15H16FNO3/c1-3-17(13-6-4-12(16)5-7-13)9-11-8-14(15(18)19)20-10(11)2/h4-8H,3,9H2,1-2H3,(H,18,19). The fourth-order valence-electron chi connectivity index (χ4n) is 2.03. The second-order valence-electron chi connectivity index (χ2n) is 4.49. The molecule has 0 aliphatic carbocycles. The van der Waals surface area contributed by atoms with Gasteiger partial charge < -0.3 is 14.4 Å². The van der Waals surface area contributed by atoms with Crippen LogP contribution in [0.5, 0.6) is 0 Å². The van der Waals surface area contributed by atoms with Gasteiger partial charge in [0, 0.05) is 24.3 Å². The molecule has 2 aromatic rings. The van der Waals surface area contributed by atoms with Crippen LogP contribution in [0.3, 0.4) is 0 Å². The fraction of sp³-hybridized carbons (Fsp3) is 0.267. The number of halogens is 1. The van der Waals surface area contributed by atoms with Crippen LogP contribution in [0.2, 0.25) is 0 Å². The van der Waals surface area contributed by atoms with Crippen LogP contribution < -0.4 is 4.90 Å². The first kappa shape index (κ1) is 14.1. The monoisotopic (exact) mass is 277 g/mol. The Labute approximate surface area is 116 Å². The van der Waals surface area contributed by atoms with Crippen molar-refractivity contribution in [3.8, 4) is 0 Å². The Morgan fingerprint density at radius 1 is 1.35 bits per heavy atom. The summed E-state index contributed by atoms with van der Waals surface area (Å²) in [7, 11) is 0. The minimum atomic E-state index is -1.08. The van der Waals surface area contributed by atoms with Crippen molar-refractivity contribution in [1.29, 1.82) is 0 Å². The van der Waals surface area contributed by atoms with Gasteiger partial charge in [0.05, 0.1) is 0 Å². The zero-order valence-electron chi connectivity index (χ0n) is 11.4. The minimum Gasteiger partial charge on any atom is -0.475 e. The van der Waals surface area contributed by atoms with Crippen LogP contribution in [0.1, 0.15) is 28.8 Å². The van der Waals surface area contributed by atoms with Crippen LogP contribution in [0.25, 0.3) is 0 Å². The third kappa shape index (κ3) is 2.99. The molecule has 0 saturated heterocycles. The van der Waals surface area contributed by atoms with Gasteiger partial charge >= 0.3 is 5.97 Å². The first-order valence-corrected chi connectivity index (χ1v) is 6.34. The van der Waals surface area contributed by atoms with Crippen molar-refractivity contribution in [3.05, 3.63) is 53.2 Å². The van der Waals surface area contributed by atoms with Gasteiger partial charge in [-0.05, 0) is 44.2 Å². The zero-order valence-corrected chi connectivity index (χ0v) is 11.4. The van der Waals surface area contributed by atoms with Crippen molar-refractivity contribution in [2.75, 3.05) is 11.4 Å². The molecule has 0 fully saturated rings. The first-order chi connectivity index (χ1) is 9.51. The summed E-state index contributed by atoms with van der Waals surface area (Å²) in [6, 6.07) is 7.74. The van der Waals surface area contributed by atoms with Crippen LogP contribution >= 0.6 is 0 Å². The maximum absolute atomic E-state index is 12.9. The Bertz CT molecular complexity index is 604. The molecular weight excluding hydrogens is 261 g/mol. The molecule has 0 unspecified atom stereocenters. The summed E-state index contributed by atoms with van der Waals surface area (Å²) >= 11 is 0. The number of nitrogens with zero attached hydrogens (tertiary/aromatic N) is 1. The molecule has 1 aromatic heterocycles. The van der Waals surface area contributed by atoms with E-state index in [1.165, 1.54) is 18.2 Å². The van der Waals surface area contributed by atoms with Crippen LogP contribution in [0, 0.1) is 12.7 Å². The molecule has 20 heavy (non-hydrogen) atoms. The molecule has 0 amide bonds. The van der Waals surface area contributed by atoms with Crippen molar-refractivity contribution in [3.63, 3.8) is 0 Å². The molecule has 1 heterocycles. The van der Waals surface area contributed by atoms with Gasteiger partial charge in [0.15, 0.2) is 0 Å². The van der Waals surface area contributed by atoms with Gasteiger partial charge in [-0.25, -0.2) is 9.18 Å². The number of carboxylic acids is 1. The molecule has 0 aliphatic heterocycles. The first-order valence-electron chi connectivity index (χ1n) is 6.34. The van der Waals surface area contributed by atoms with Gasteiger partial charge in [-0.2, -0.15) is 0 Å². The number of aryl methyl sites for hydroxylation is 1. The van der Waals surface area contributed by atoms with Crippen LogP contribution in [-0.4, -0.2) is 17.6 Å². The fourth-order valence-corrected chi connectivity index (χ4v) is 2.03. The zero-order chi connectivity index (χ0) is 14.7. The van der Waals surface area contributed by atoms with E-state index in [4.69, 9.17) is 9.52 Å². The summed E-state index contributed by atoms with van der Waals surface area (Å²) in [5.74, 6) is -0.836. The molecule has 1 N–H and O–H groups in total. The highest BCUT2D eigenvalue weighted by atomic mass is 19.1. The highest BCUT2D eigenvalue weighted by Crippen LogP contribution is 2.21. The lowest BCUT2D eigenvalue weighted by molar-refractivity contribution is 0.0661. The molecule has 0 saturated carbocycles. The van der Waals surface area contributed by atoms with Gasteiger partial charge in [0.25, 0.3) is 0 Å². The topological polar surface area (TPSA) is 53.7 Å². The number of hydrogen-bond donors (Lipinski definition) is 1. The van der Waals surface area contributed by atoms with E-state index in [2.05, 4.69) is 0 Å². The summed E-state index contributed by atoms with van der Waals surface area (Å²) in [6.07, 6.45) is 0. The summed E-state index contributed by atoms with van der Waals surface area (Å²) in [5.41, 5.74) is 1.69. The van der Waals surface area contributed by atoms with Gasteiger partial charge in [0.1, 0.15) is 11.6 Å². The number of hydrogen-bond acceptors (Lipinski definition) is 3. The number of rotatable bonds is 5. The lowest BCUT2D eigenvalue weighted by Crippen LogP contribution is -2.22. The van der Waals surface area contributed by atoms with Crippen molar-refractivity contribution >= 4 is 11.7 Å². The maximum Gasteiger partial charge on any atom is 0.371 e. The predicted octanol–water partition coefficient (Wildman–Crippen LogP) is 3.45. The van der Waals surface area contributed by atoms with E-state index in [1.54, 1.807) is 19.1 Å². The highest BCUT2D eigenvalue weighted by molar-refractivity contribution is 5.84. The molecule has 106 valence electrons. The third-order valence-corrected chi connectivity index (χ3v) is 3.17. The summed E-state index contributed by atoms with van der Waals surface area (Å²) in [5, 5.41) is 8.91. The molecule has 0 atom stereocenters. The Kier molecular flexibility index (Phi) is 4.08. The number of carbonyl (C=O) groups is 1. The summed E-state index contributed by atoms with van der Waals surface area (Å²) in [4.78, 5) is 12.9. The van der Waals surface area contributed by atoms with Crippen LogP contribution in [0.4, 0.5) is 10.1 Å². The minimum absolute atomic E-state index is 0.0624. The van der Waals surface area contributed by atoms with E-state index < -0.39 is 5.97 Å². The van der Waals surface area contributed by atoms with Gasteiger partial charge in [-0.3, -0.25) is 0 Å². The second kappa shape index (κ2) is 5.77. The summed E-state index contributed by atoms with van der Waals surface area (Å²) in [6.45, 7) is 4.96. The van der Waals surface area contributed by atoms with Gasteiger partial charge in [0.2, 0.25) is 5.76 Å². The average molecular weight is 277 g/mol. The van der Waals surface area contributed by atoms with Crippen molar-refractivity contribution < 1.29 is 18.7 Å². The van der Waals surface area contributed by atoms with E-state index in [0.29, 0.717) is 12.3 Å². The van der Waals surface area contributed by atoms with Gasteiger partial charge in [-0.1, -0.05) is 0 Å². The number of anilines is 1. The van der Waals surface area contributed by atoms with Gasteiger partial charge in [-0.15, -0.1) is 0 Å². The average Bonchev–Trinajstić information content (AvgIpc) is 2.79. The van der Waals surface area contributed by atoms with Crippen LogP contribution in [0.15, 0.2) is 34.7 Å². The molecule has 0 aliphatic rings. The molecule has 0 bridgehead atoms. The molecular formula is C15H16FNO3. The molecule has 2 rings (SSSR count). The van der Waals surface area contributed by atoms with E-state index >= 15 is 0 Å². The maximum atomic E-state index is 12.9. The second-order valence-corrected chi connectivity index (χ2v) is 4.49. The Morgan fingerprint density at radius 2 is 2.00 bits per heavy atom. The van der Waals surface area contributed by atoms with Crippen LogP contribution in [-0.2, 0) is 6.54 Å². The number of benzene rings is 1. The Balaban J connectivity index is 2.22. The Morgan fingerprint density at radius 3 is 2.50 bits per heavy atom. The van der Waals surface area contributed by atoms with E-state index in [9.17, 15) is 9.18 Å². The van der Waals surface area contributed by atoms with Crippen molar-refractivity contribution in [1.82, 2.24) is 0 Å². The van der Waals surface area contributed by atoms with E-state index in [1.807, 2.05) is 11.8 Å². The van der Waals surface area contributed by atoms with E-state index in [-0.39, 0.29) is 11.6 Å². The Hall–Kier alpha value is -2.30. The third-order valence-electron chi connectivity index (χ3n) is 3.17. The number of carboxylic acid groups (broad SMARTS) is 1. The molecule has 4 nitrogen and oxygen atoms in total. The predicted molar refractivity (Wildman–Crippen MR) is 73.5 cm³/mol. The normalized spacial score (nSPS) is 10.6. The quantitative estimate of drug-likeness (QED) is 0.909. The number of aromatic carboxylic acids is 1. The summed E-state index contributed by atoms with van der Waals surface area (Å²) < 4.78 is 18.1. The highest BCUT2D eigenvalue weighted by Gasteiger charge is 2.15. The van der Waals surface area contributed by atoms with Crippen molar-refractivity contribution in [2.45, 2.75) is 20.4 Å². The molecule has 0 radical (unpaired) electrons. The smallest absolute Gasteiger partial charge is 0.371 e. The molecule has 1 aromatic carbocycles. The van der Waals surface area contributed by atoms with E-state index in [0.717, 1.165) is 17.8 Å². The lowest BCUT2D eigenvalue weighted by Gasteiger charge is -2.22. The SMILES string of the molecule is CCN(Cc1cc(C(=O)O)oc1C)c1ccc(F)cc1. The largest absolute Gasteiger partial charge is 0.475 e.